The highest BCUT2D eigenvalue weighted by Crippen LogP contribution is 2.22. The minimum Gasteiger partial charge on any atom is -0.390 e. The Bertz CT molecular complexity index is 355. The molecule has 0 aliphatic carbocycles. The van der Waals surface area contributed by atoms with E-state index in [0.717, 1.165) is 18.7 Å². The first-order valence-electron chi connectivity index (χ1n) is 6.20. The van der Waals surface area contributed by atoms with Gasteiger partial charge in [-0.15, -0.1) is 0 Å². The van der Waals surface area contributed by atoms with Crippen LogP contribution in [-0.4, -0.2) is 37.5 Å². The van der Waals surface area contributed by atoms with Crippen LogP contribution >= 0.6 is 11.6 Å². The number of halogens is 1. The molecule has 2 N–H and O–H groups in total. The second-order valence-electron chi connectivity index (χ2n) is 4.76. The Morgan fingerprint density at radius 1 is 1.33 bits per heavy atom. The van der Waals surface area contributed by atoms with Crippen molar-refractivity contribution in [3.8, 4) is 0 Å². The summed E-state index contributed by atoms with van der Waals surface area (Å²) in [5.74, 6) is 0. The number of methoxy groups -OCH3 is 1. The van der Waals surface area contributed by atoms with Crippen molar-refractivity contribution < 1.29 is 9.84 Å². The van der Waals surface area contributed by atoms with Gasteiger partial charge in [-0.05, 0) is 31.5 Å². The van der Waals surface area contributed by atoms with E-state index in [1.54, 1.807) is 7.11 Å². The summed E-state index contributed by atoms with van der Waals surface area (Å²) in [5, 5.41) is 14.3. The molecule has 0 saturated heterocycles. The van der Waals surface area contributed by atoms with Gasteiger partial charge in [-0.25, -0.2) is 0 Å². The molecule has 4 heteroatoms. The molecule has 18 heavy (non-hydrogen) atoms. The fourth-order valence-electron chi connectivity index (χ4n) is 1.80. The summed E-state index contributed by atoms with van der Waals surface area (Å²) in [4.78, 5) is 0. The highest BCUT2D eigenvalue weighted by molar-refractivity contribution is 6.31. The van der Waals surface area contributed by atoms with E-state index in [1.807, 2.05) is 31.2 Å². The molecule has 0 spiro atoms. The van der Waals surface area contributed by atoms with Gasteiger partial charge in [0.05, 0.1) is 12.2 Å². The topological polar surface area (TPSA) is 41.5 Å². The zero-order valence-corrected chi connectivity index (χ0v) is 11.8. The molecule has 0 heterocycles. The van der Waals surface area contributed by atoms with E-state index >= 15 is 0 Å². The van der Waals surface area contributed by atoms with Crippen molar-refractivity contribution >= 4 is 11.6 Å². The zero-order chi connectivity index (χ0) is 13.4. The Balaban J connectivity index is 2.37. The molecule has 1 atom stereocenters. The Hall–Kier alpha value is -0.610. The van der Waals surface area contributed by atoms with Crippen molar-refractivity contribution in [2.45, 2.75) is 25.4 Å². The van der Waals surface area contributed by atoms with Crippen molar-refractivity contribution in [1.82, 2.24) is 5.32 Å². The van der Waals surface area contributed by atoms with E-state index in [2.05, 4.69) is 5.32 Å². The molecule has 0 amide bonds. The zero-order valence-electron chi connectivity index (χ0n) is 11.1. The lowest BCUT2D eigenvalue weighted by molar-refractivity contribution is 0.0510. The third kappa shape index (κ3) is 5.83. The minimum absolute atomic E-state index is 0.568. The summed E-state index contributed by atoms with van der Waals surface area (Å²) in [6, 6.07) is 7.64. The molecule has 0 saturated carbocycles. The van der Waals surface area contributed by atoms with Crippen LogP contribution in [-0.2, 0) is 11.2 Å². The Labute approximate surface area is 114 Å². The number of benzene rings is 1. The first-order valence-corrected chi connectivity index (χ1v) is 6.58. The molecule has 0 radical (unpaired) electrons. The van der Waals surface area contributed by atoms with E-state index in [1.165, 1.54) is 0 Å². The SMILES string of the molecule is COCCNCCC(C)(O)Cc1ccccc1Cl. The van der Waals surface area contributed by atoms with E-state index in [4.69, 9.17) is 16.3 Å². The first kappa shape index (κ1) is 15.4. The molecule has 0 aliphatic heterocycles. The van der Waals surface area contributed by atoms with Crippen molar-refractivity contribution in [3.05, 3.63) is 34.9 Å². The van der Waals surface area contributed by atoms with Crippen LogP contribution in [0.2, 0.25) is 5.02 Å². The van der Waals surface area contributed by atoms with Crippen LogP contribution in [0.4, 0.5) is 0 Å². The molecule has 0 aliphatic rings. The fraction of sp³-hybridized carbons (Fsp3) is 0.571. The lowest BCUT2D eigenvalue weighted by Gasteiger charge is -2.24. The predicted molar refractivity (Wildman–Crippen MR) is 75.1 cm³/mol. The molecule has 1 unspecified atom stereocenters. The number of nitrogens with one attached hydrogen (secondary N) is 1. The Morgan fingerprint density at radius 2 is 2.06 bits per heavy atom. The summed E-state index contributed by atoms with van der Waals surface area (Å²) in [5.41, 5.74) is 0.242. The van der Waals surface area contributed by atoms with Gasteiger partial charge in [0.25, 0.3) is 0 Å². The highest BCUT2D eigenvalue weighted by atomic mass is 35.5. The van der Waals surface area contributed by atoms with Crippen molar-refractivity contribution in [3.63, 3.8) is 0 Å². The molecule has 3 nitrogen and oxygen atoms in total. The molecule has 1 aromatic carbocycles. The summed E-state index contributed by atoms with van der Waals surface area (Å²) in [6.07, 6.45) is 1.25. The lowest BCUT2D eigenvalue weighted by Crippen LogP contribution is -2.33. The normalized spacial score (nSPS) is 14.4. The Morgan fingerprint density at radius 3 is 2.72 bits per heavy atom. The van der Waals surface area contributed by atoms with Gasteiger partial charge in [0.15, 0.2) is 0 Å². The summed E-state index contributed by atoms with van der Waals surface area (Å²) in [7, 11) is 1.68. The largest absolute Gasteiger partial charge is 0.390 e. The summed E-state index contributed by atoms with van der Waals surface area (Å²) in [6.45, 7) is 4.10. The van der Waals surface area contributed by atoms with Gasteiger partial charge in [-0.2, -0.15) is 0 Å². The van der Waals surface area contributed by atoms with E-state index in [0.29, 0.717) is 24.5 Å². The van der Waals surface area contributed by atoms with E-state index in [-0.39, 0.29) is 0 Å². The average molecular weight is 272 g/mol. The monoisotopic (exact) mass is 271 g/mol. The van der Waals surface area contributed by atoms with E-state index in [9.17, 15) is 5.11 Å². The van der Waals surface area contributed by atoms with Crippen LogP contribution in [0.25, 0.3) is 0 Å². The maximum absolute atomic E-state index is 10.3. The van der Waals surface area contributed by atoms with Gasteiger partial charge in [0, 0.05) is 25.1 Å². The van der Waals surface area contributed by atoms with Crippen LogP contribution in [0.3, 0.4) is 0 Å². The summed E-state index contributed by atoms with van der Waals surface area (Å²) >= 11 is 6.09. The number of hydrogen-bond acceptors (Lipinski definition) is 3. The smallest absolute Gasteiger partial charge is 0.0672 e. The average Bonchev–Trinajstić information content (AvgIpc) is 2.31. The Kier molecular flexibility index (Phi) is 6.65. The second kappa shape index (κ2) is 7.74. The van der Waals surface area contributed by atoms with Gasteiger partial charge in [-0.1, -0.05) is 29.8 Å². The fourth-order valence-corrected chi connectivity index (χ4v) is 2.00. The van der Waals surface area contributed by atoms with Crippen LogP contribution in [0.15, 0.2) is 24.3 Å². The number of aliphatic hydroxyl groups is 1. The second-order valence-corrected chi connectivity index (χ2v) is 5.17. The quantitative estimate of drug-likeness (QED) is 0.713. The predicted octanol–water partition coefficient (Wildman–Crippen LogP) is 2.26. The van der Waals surface area contributed by atoms with Crippen LogP contribution in [0.5, 0.6) is 0 Å². The van der Waals surface area contributed by atoms with Crippen molar-refractivity contribution in [2.24, 2.45) is 0 Å². The molecule has 1 aromatic rings. The molecular weight excluding hydrogens is 250 g/mol. The molecule has 102 valence electrons. The molecule has 0 aromatic heterocycles. The first-order chi connectivity index (χ1) is 8.55. The number of ether oxygens (including phenoxy) is 1. The minimum atomic E-state index is -0.745. The maximum Gasteiger partial charge on any atom is 0.0672 e. The lowest BCUT2D eigenvalue weighted by atomic mass is 9.93. The van der Waals surface area contributed by atoms with E-state index < -0.39 is 5.60 Å². The maximum atomic E-state index is 10.3. The van der Waals surface area contributed by atoms with Crippen molar-refractivity contribution in [2.75, 3.05) is 26.8 Å². The number of rotatable bonds is 8. The van der Waals surface area contributed by atoms with Gasteiger partial charge in [0.1, 0.15) is 0 Å². The third-order valence-electron chi connectivity index (χ3n) is 2.85. The van der Waals surface area contributed by atoms with Crippen LogP contribution in [0.1, 0.15) is 18.9 Å². The standard InChI is InChI=1S/C14H22ClNO2/c1-14(17,7-8-16-9-10-18-2)11-12-5-3-4-6-13(12)15/h3-6,16-17H,7-11H2,1-2H3. The van der Waals surface area contributed by atoms with Gasteiger partial charge in [0.2, 0.25) is 0 Å². The van der Waals surface area contributed by atoms with Crippen LogP contribution in [0, 0.1) is 0 Å². The van der Waals surface area contributed by atoms with Gasteiger partial charge < -0.3 is 15.2 Å². The molecule has 0 bridgehead atoms. The van der Waals surface area contributed by atoms with Crippen molar-refractivity contribution in [1.29, 1.82) is 0 Å². The van der Waals surface area contributed by atoms with Gasteiger partial charge in [-0.3, -0.25) is 0 Å². The van der Waals surface area contributed by atoms with Crippen LogP contribution < -0.4 is 5.32 Å². The third-order valence-corrected chi connectivity index (χ3v) is 3.22. The van der Waals surface area contributed by atoms with Gasteiger partial charge >= 0.3 is 0 Å². The molecule has 0 fully saturated rings. The highest BCUT2D eigenvalue weighted by Gasteiger charge is 2.21. The summed E-state index contributed by atoms with van der Waals surface area (Å²) < 4.78 is 4.94. The molecular formula is C14H22ClNO2. The molecule has 1 rings (SSSR count). The number of hydrogen-bond donors (Lipinski definition) is 2.